The van der Waals surface area contributed by atoms with Crippen molar-refractivity contribution in [3.63, 3.8) is 0 Å². The molecule has 6 unspecified atom stereocenters. The van der Waals surface area contributed by atoms with Crippen molar-refractivity contribution in [3.8, 4) is 0 Å². The van der Waals surface area contributed by atoms with Crippen LogP contribution in [0.1, 0.15) is 101 Å². The molecule has 1 aromatic rings. The van der Waals surface area contributed by atoms with E-state index in [-0.39, 0.29) is 17.1 Å². The molecule has 0 aliphatic carbocycles. The van der Waals surface area contributed by atoms with E-state index < -0.39 is 11.0 Å². The normalized spacial score (nSPS) is 17.8. The summed E-state index contributed by atoms with van der Waals surface area (Å²) in [7, 11) is 0. The SMILES string of the molecule is CC.CCC(C)C(C)C(C)C(C)(CC(=O)OC(C)c1ccccc1[N+](=O)[O-])C(C)C(C)C. The summed E-state index contributed by atoms with van der Waals surface area (Å²) in [5, 5.41) is 11.3. The van der Waals surface area contributed by atoms with E-state index in [1.807, 2.05) is 13.8 Å². The summed E-state index contributed by atoms with van der Waals surface area (Å²) in [6.07, 6.45) is 0.746. The number of rotatable bonds is 11. The van der Waals surface area contributed by atoms with Crippen molar-refractivity contribution in [2.24, 2.45) is 35.0 Å². The fourth-order valence-electron chi connectivity index (χ4n) is 4.57. The van der Waals surface area contributed by atoms with Gasteiger partial charge in [-0.15, -0.1) is 0 Å². The van der Waals surface area contributed by atoms with Gasteiger partial charge >= 0.3 is 5.97 Å². The first-order valence-electron chi connectivity index (χ1n) is 12.3. The van der Waals surface area contributed by atoms with Crippen LogP contribution in [0.5, 0.6) is 0 Å². The number of esters is 1. The molecule has 0 aromatic heterocycles. The highest BCUT2D eigenvalue weighted by Gasteiger charge is 2.43. The van der Waals surface area contributed by atoms with Crippen molar-refractivity contribution in [1.82, 2.24) is 0 Å². The molecule has 0 spiro atoms. The van der Waals surface area contributed by atoms with Crippen LogP contribution >= 0.6 is 0 Å². The molecular weight excluding hydrogens is 402 g/mol. The Morgan fingerprint density at radius 1 is 1.03 bits per heavy atom. The lowest BCUT2D eigenvalue weighted by atomic mass is 9.59. The lowest BCUT2D eigenvalue weighted by Crippen LogP contribution is -2.41. The second-order valence-corrected chi connectivity index (χ2v) is 9.70. The molecule has 5 nitrogen and oxygen atoms in total. The first-order valence-corrected chi connectivity index (χ1v) is 12.3. The maximum atomic E-state index is 13.0. The highest BCUT2D eigenvalue weighted by Crippen LogP contribution is 2.48. The second kappa shape index (κ2) is 13.6. The van der Waals surface area contributed by atoms with Crippen LogP contribution < -0.4 is 0 Å². The van der Waals surface area contributed by atoms with Crippen molar-refractivity contribution < 1.29 is 14.5 Å². The first kappa shape index (κ1) is 30.1. The van der Waals surface area contributed by atoms with E-state index in [0.29, 0.717) is 41.6 Å². The molecule has 184 valence electrons. The van der Waals surface area contributed by atoms with Crippen molar-refractivity contribution in [1.29, 1.82) is 0 Å². The van der Waals surface area contributed by atoms with Crippen LogP contribution in [0.15, 0.2) is 24.3 Å². The molecule has 0 bridgehead atoms. The molecule has 0 heterocycles. The van der Waals surface area contributed by atoms with Gasteiger partial charge in [-0.2, -0.15) is 0 Å². The van der Waals surface area contributed by atoms with E-state index in [0.717, 1.165) is 6.42 Å². The van der Waals surface area contributed by atoms with Crippen LogP contribution in [0, 0.1) is 45.1 Å². The number of carbonyl (C=O) groups is 1. The Bertz CT molecular complexity index is 717. The van der Waals surface area contributed by atoms with Gasteiger partial charge in [0, 0.05) is 6.07 Å². The summed E-state index contributed by atoms with van der Waals surface area (Å²) in [6, 6.07) is 6.45. The van der Waals surface area contributed by atoms with E-state index in [4.69, 9.17) is 4.74 Å². The van der Waals surface area contributed by atoms with Crippen molar-refractivity contribution in [2.75, 3.05) is 0 Å². The number of nitrogens with zero attached hydrogens (tertiary/aromatic N) is 1. The zero-order valence-corrected chi connectivity index (χ0v) is 22.3. The quantitative estimate of drug-likeness (QED) is 0.194. The zero-order chi connectivity index (χ0) is 25.2. The molecule has 0 aliphatic rings. The minimum Gasteiger partial charge on any atom is -0.457 e. The number of hydrogen-bond acceptors (Lipinski definition) is 4. The number of benzene rings is 1. The standard InChI is InChI=1S/C25H41NO4.C2H6/c1-10-17(4)18(5)20(7)25(9,19(6)16(2)3)15-24(27)30-21(8)22-13-11-12-14-23(22)26(28)29;1-2/h11-14,16-21H,10,15H2,1-9H3;1-2H3. The monoisotopic (exact) mass is 449 g/mol. The Kier molecular flexibility index (Phi) is 12.8. The van der Waals surface area contributed by atoms with Gasteiger partial charge in [-0.25, -0.2) is 0 Å². The van der Waals surface area contributed by atoms with Crippen LogP contribution in [-0.4, -0.2) is 10.9 Å². The van der Waals surface area contributed by atoms with Gasteiger partial charge in [0.2, 0.25) is 0 Å². The predicted molar refractivity (Wildman–Crippen MR) is 133 cm³/mol. The van der Waals surface area contributed by atoms with Crippen molar-refractivity contribution >= 4 is 11.7 Å². The molecule has 0 radical (unpaired) electrons. The number of ether oxygens (including phenoxy) is 1. The van der Waals surface area contributed by atoms with Gasteiger partial charge in [0.05, 0.1) is 16.9 Å². The molecule has 0 saturated carbocycles. The highest BCUT2D eigenvalue weighted by molar-refractivity contribution is 5.71. The van der Waals surface area contributed by atoms with E-state index in [9.17, 15) is 14.9 Å². The average Bonchev–Trinajstić information content (AvgIpc) is 2.77. The molecular formula is C27H47NO4. The average molecular weight is 450 g/mol. The topological polar surface area (TPSA) is 69.4 Å². The summed E-state index contributed by atoms with van der Waals surface area (Å²) in [5.74, 6) is 1.84. The molecule has 1 aromatic carbocycles. The fourth-order valence-corrected chi connectivity index (χ4v) is 4.57. The van der Waals surface area contributed by atoms with Crippen molar-refractivity contribution in [3.05, 3.63) is 39.9 Å². The Morgan fingerprint density at radius 2 is 1.56 bits per heavy atom. The molecule has 0 N–H and O–H groups in total. The summed E-state index contributed by atoms with van der Waals surface area (Å²) in [4.78, 5) is 23.9. The Balaban J connectivity index is 0.00000466. The van der Waals surface area contributed by atoms with Gasteiger partial charge in [-0.3, -0.25) is 14.9 Å². The number of para-hydroxylation sites is 1. The zero-order valence-electron chi connectivity index (χ0n) is 22.3. The third-order valence-electron chi connectivity index (χ3n) is 7.82. The molecule has 0 saturated heterocycles. The second-order valence-electron chi connectivity index (χ2n) is 9.70. The van der Waals surface area contributed by atoms with E-state index in [1.54, 1.807) is 25.1 Å². The van der Waals surface area contributed by atoms with Gasteiger partial charge in [0.15, 0.2) is 0 Å². The summed E-state index contributed by atoms with van der Waals surface area (Å²) >= 11 is 0. The van der Waals surface area contributed by atoms with Crippen LogP contribution in [-0.2, 0) is 9.53 Å². The van der Waals surface area contributed by atoms with Crippen LogP contribution in [0.4, 0.5) is 5.69 Å². The van der Waals surface area contributed by atoms with Crippen LogP contribution in [0.2, 0.25) is 0 Å². The minimum atomic E-state index is -0.667. The summed E-state index contributed by atoms with van der Waals surface area (Å²) < 4.78 is 5.73. The predicted octanol–water partition coefficient (Wildman–Crippen LogP) is 8.23. The fraction of sp³-hybridized carbons (Fsp3) is 0.741. The Labute approximate surface area is 196 Å². The molecule has 1 rings (SSSR count). The van der Waals surface area contributed by atoms with E-state index in [2.05, 4.69) is 55.4 Å². The van der Waals surface area contributed by atoms with Gasteiger partial charge in [-0.05, 0) is 48.0 Å². The minimum absolute atomic E-state index is 0.0186. The van der Waals surface area contributed by atoms with E-state index >= 15 is 0 Å². The van der Waals surface area contributed by atoms with Crippen LogP contribution in [0.3, 0.4) is 0 Å². The lowest BCUT2D eigenvalue weighted by molar-refractivity contribution is -0.386. The van der Waals surface area contributed by atoms with Gasteiger partial charge in [0.1, 0.15) is 6.10 Å². The summed E-state index contributed by atoms with van der Waals surface area (Å²) in [6.45, 7) is 23.6. The highest BCUT2D eigenvalue weighted by atomic mass is 16.6. The molecule has 0 fully saturated rings. The smallest absolute Gasteiger partial charge is 0.306 e. The number of carbonyl (C=O) groups excluding carboxylic acids is 1. The molecule has 0 amide bonds. The van der Waals surface area contributed by atoms with Gasteiger partial charge in [-0.1, -0.05) is 87.8 Å². The number of nitro groups is 1. The molecule has 6 atom stereocenters. The lowest BCUT2D eigenvalue weighted by Gasteiger charge is -2.46. The molecule has 32 heavy (non-hydrogen) atoms. The van der Waals surface area contributed by atoms with E-state index in [1.165, 1.54) is 6.07 Å². The Hall–Kier alpha value is -1.91. The Morgan fingerprint density at radius 3 is 2.03 bits per heavy atom. The third kappa shape index (κ3) is 7.60. The van der Waals surface area contributed by atoms with Gasteiger partial charge < -0.3 is 4.74 Å². The van der Waals surface area contributed by atoms with Gasteiger partial charge in [0.25, 0.3) is 5.69 Å². The molecule has 0 aliphatic heterocycles. The molecule has 5 heteroatoms. The summed E-state index contributed by atoms with van der Waals surface area (Å²) in [5.41, 5.74) is 0.182. The number of hydrogen-bond donors (Lipinski definition) is 0. The van der Waals surface area contributed by atoms with Crippen molar-refractivity contribution in [2.45, 2.75) is 95.1 Å². The first-order chi connectivity index (χ1) is 14.9. The van der Waals surface area contributed by atoms with Crippen LogP contribution in [0.25, 0.3) is 0 Å². The third-order valence-corrected chi connectivity index (χ3v) is 7.82. The maximum absolute atomic E-state index is 13.0. The largest absolute Gasteiger partial charge is 0.457 e. The maximum Gasteiger partial charge on any atom is 0.306 e. The number of nitro benzene ring substituents is 1.